The van der Waals surface area contributed by atoms with Crippen LogP contribution in [0.3, 0.4) is 0 Å². The van der Waals surface area contributed by atoms with Crippen molar-refractivity contribution in [2.75, 3.05) is 0 Å². The first kappa shape index (κ1) is 26.2. The van der Waals surface area contributed by atoms with E-state index in [0.29, 0.717) is 0 Å². The summed E-state index contributed by atoms with van der Waals surface area (Å²) in [7, 11) is 0. The van der Waals surface area contributed by atoms with E-state index >= 15 is 0 Å². The van der Waals surface area contributed by atoms with Crippen LogP contribution in [-0.2, 0) is 24.2 Å². The maximum atomic E-state index is 2.21. The molecular formula is C40H32Zr. The summed E-state index contributed by atoms with van der Waals surface area (Å²) < 4.78 is 1.80. The average molecular weight is 604 g/mol. The molecule has 0 unspecified atom stereocenters. The van der Waals surface area contributed by atoms with E-state index in [2.05, 4.69) is 133 Å². The van der Waals surface area contributed by atoms with E-state index in [0.717, 1.165) is 0 Å². The third kappa shape index (κ3) is 5.25. The average Bonchev–Trinajstić information content (AvgIpc) is 3.72. The van der Waals surface area contributed by atoms with E-state index in [1.165, 1.54) is 96.7 Å². The molecule has 1 saturated carbocycles. The van der Waals surface area contributed by atoms with Crippen LogP contribution in [0.2, 0.25) is 0 Å². The van der Waals surface area contributed by atoms with Gasteiger partial charge in [0.25, 0.3) is 0 Å². The van der Waals surface area contributed by atoms with E-state index < -0.39 is 0 Å². The van der Waals surface area contributed by atoms with Crippen molar-refractivity contribution in [3.63, 3.8) is 0 Å². The fourth-order valence-corrected chi connectivity index (χ4v) is 7.28. The fourth-order valence-electron chi connectivity index (χ4n) is 6.41. The Morgan fingerprint density at radius 1 is 0.415 bits per heavy atom. The van der Waals surface area contributed by atoms with E-state index in [1.807, 2.05) is 0 Å². The topological polar surface area (TPSA) is 0 Å². The molecule has 0 amide bonds. The van der Waals surface area contributed by atoms with Crippen LogP contribution in [-0.4, -0.2) is 3.21 Å². The third-order valence-corrected chi connectivity index (χ3v) is 9.73. The van der Waals surface area contributed by atoms with Crippen LogP contribution in [0.1, 0.15) is 32.1 Å². The minimum Gasteiger partial charge on any atom is -0.168 e. The van der Waals surface area contributed by atoms with Gasteiger partial charge in [0.15, 0.2) is 0 Å². The molecule has 8 aromatic rings. The van der Waals surface area contributed by atoms with Crippen LogP contribution in [0, 0.1) is 0 Å². The van der Waals surface area contributed by atoms with Crippen LogP contribution in [0.15, 0.2) is 133 Å². The number of rotatable bonds is 0. The quantitative estimate of drug-likeness (QED) is 0.119. The van der Waals surface area contributed by atoms with Crippen molar-refractivity contribution in [2.45, 2.75) is 32.1 Å². The predicted molar refractivity (Wildman–Crippen MR) is 177 cm³/mol. The Balaban J connectivity index is 0.000000110. The summed E-state index contributed by atoms with van der Waals surface area (Å²) in [6.07, 6.45) is 7.32. The molecule has 0 spiro atoms. The molecule has 0 heterocycles. The Hall–Kier alpha value is -3.67. The van der Waals surface area contributed by atoms with Crippen molar-refractivity contribution in [2.24, 2.45) is 0 Å². The zero-order valence-electron chi connectivity index (χ0n) is 23.2. The Labute approximate surface area is 256 Å². The van der Waals surface area contributed by atoms with Gasteiger partial charge < -0.3 is 0 Å². The molecule has 1 aliphatic carbocycles. The van der Waals surface area contributed by atoms with Crippen molar-refractivity contribution in [1.82, 2.24) is 0 Å². The summed E-state index contributed by atoms with van der Waals surface area (Å²) >= 11 is 1.69. The van der Waals surface area contributed by atoms with E-state index in [9.17, 15) is 0 Å². The molecule has 8 aromatic carbocycles. The Bertz CT molecular complexity index is 2000. The second kappa shape index (κ2) is 11.7. The summed E-state index contributed by atoms with van der Waals surface area (Å²) in [4.78, 5) is 0. The molecular weight excluding hydrogens is 572 g/mol. The molecule has 41 heavy (non-hydrogen) atoms. The summed E-state index contributed by atoms with van der Waals surface area (Å²) in [6, 6.07) is 47.9. The summed E-state index contributed by atoms with van der Waals surface area (Å²) in [5.74, 6) is 0. The first-order chi connectivity index (χ1) is 20.3. The van der Waals surface area contributed by atoms with Gasteiger partial charge in [-0.3, -0.25) is 0 Å². The second-order valence-electron chi connectivity index (χ2n) is 11.1. The SMILES string of the molecule is [Zr+2]=[C]1CCCCC1.c1ccc2c(c1)ccc1ccc3cc[cH-]c3c12.c1ccc2c(c1)ccc1ccc3cc[cH-]c3c12. The molecule has 1 aliphatic rings. The molecule has 196 valence electrons. The Morgan fingerprint density at radius 3 is 1.27 bits per heavy atom. The maximum absolute atomic E-state index is 2.21. The molecule has 0 N–H and O–H groups in total. The van der Waals surface area contributed by atoms with Crippen molar-refractivity contribution in [1.29, 1.82) is 0 Å². The Kier molecular flexibility index (Phi) is 7.47. The van der Waals surface area contributed by atoms with Gasteiger partial charge >= 0.3 is 59.5 Å². The van der Waals surface area contributed by atoms with Crippen LogP contribution in [0.4, 0.5) is 0 Å². The zero-order chi connectivity index (χ0) is 27.6. The van der Waals surface area contributed by atoms with Gasteiger partial charge in [0.2, 0.25) is 0 Å². The van der Waals surface area contributed by atoms with Gasteiger partial charge in [-0.05, 0) is 10.8 Å². The molecule has 1 fully saturated rings. The standard InChI is InChI=1S/2C17H11.C6H10.Zr/c2*1-2-6-15-12(4-1)8-10-14-11-9-13-5-3-7-16(13)17(14)15;1-2-4-6-5-3-1;/h2*1-11H;1-5H2;/q2*-1;;+2. The fraction of sp³-hybridized carbons (Fsp3) is 0.125. The molecule has 9 rings (SSSR count). The van der Waals surface area contributed by atoms with Crippen molar-refractivity contribution in [3.8, 4) is 0 Å². The smallest absolute Gasteiger partial charge is 0.0271 e. The minimum atomic E-state index is 1.31. The van der Waals surface area contributed by atoms with Gasteiger partial charge in [0, 0.05) is 0 Å². The number of benzene rings is 6. The van der Waals surface area contributed by atoms with Gasteiger partial charge in [-0.1, -0.05) is 117 Å². The molecule has 0 aliphatic heterocycles. The largest absolute Gasteiger partial charge is 0.168 e. The minimum absolute atomic E-state index is 1.31. The molecule has 0 radical (unpaired) electrons. The van der Waals surface area contributed by atoms with Crippen molar-refractivity contribution >= 4 is 67.8 Å². The summed E-state index contributed by atoms with van der Waals surface area (Å²) in [6.45, 7) is 0. The van der Waals surface area contributed by atoms with Crippen LogP contribution in [0.5, 0.6) is 0 Å². The molecule has 0 bridgehead atoms. The predicted octanol–water partition coefficient (Wildman–Crippen LogP) is 11.4. The van der Waals surface area contributed by atoms with Crippen LogP contribution in [0.25, 0.3) is 64.6 Å². The third-order valence-electron chi connectivity index (χ3n) is 8.50. The first-order valence-corrected chi connectivity index (χ1v) is 16.0. The number of hydrogen-bond acceptors (Lipinski definition) is 0. The van der Waals surface area contributed by atoms with Gasteiger partial charge in [-0.25, -0.2) is 0 Å². The van der Waals surface area contributed by atoms with E-state index in [4.69, 9.17) is 0 Å². The molecule has 0 nitrogen and oxygen atoms in total. The van der Waals surface area contributed by atoms with E-state index in [-0.39, 0.29) is 0 Å². The van der Waals surface area contributed by atoms with Crippen LogP contribution >= 0.6 is 0 Å². The summed E-state index contributed by atoms with van der Waals surface area (Å²) in [5.41, 5.74) is 0. The van der Waals surface area contributed by atoms with Gasteiger partial charge in [-0.15, -0.1) is 45.8 Å². The molecule has 0 aromatic heterocycles. The zero-order valence-corrected chi connectivity index (χ0v) is 25.7. The van der Waals surface area contributed by atoms with Crippen LogP contribution < -0.4 is 0 Å². The maximum Gasteiger partial charge on any atom is -0.0271 e. The first-order valence-electron chi connectivity index (χ1n) is 14.7. The Morgan fingerprint density at radius 2 is 0.829 bits per heavy atom. The second-order valence-corrected chi connectivity index (χ2v) is 12.9. The van der Waals surface area contributed by atoms with Gasteiger partial charge in [-0.2, -0.15) is 24.3 Å². The van der Waals surface area contributed by atoms with Crippen molar-refractivity contribution in [3.05, 3.63) is 133 Å². The normalized spacial score (nSPS) is 13.5. The summed E-state index contributed by atoms with van der Waals surface area (Å²) in [5, 5.41) is 16.1. The molecule has 1 heteroatoms. The monoisotopic (exact) mass is 602 g/mol. The van der Waals surface area contributed by atoms with Crippen molar-refractivity contribution < 1.29 is 24.2 Å². The molecule has 0 saturated heterocycles. The number of fused-ring (bicyclic) bond motifs is 10. The van der Waals surface area contributed by atoms with Gasteiger partial charge in [0.1, 0.15) is 0 Å². The van der Waals surface area contributed by atoms with E-state index in [1.54, 1.807) is 27.4 Å². The number of hydrogen-bond donors (Lipinski definition) is 0. The molecule has 0 atom stereocenters. The van der Waals surface area contributed by atoms with Gasteiger partial charge in [0.05, 0.1) is 0 Å².